The Kier molecular flexibility index (Phi) is 4.41. The Morgan fingerprint density at radius 3 is 2.84 bits per heavy atom. The molecule has 0 unspecified atom stereocenters. The molecule has 1 saturated heterocycles. The summed E-state index contributed by atoms with van der Waals surface area (Å²) in [5.41, 5.74) is 1.03. The van der Waals surface area contributed by atoms with Gasteiger partial charge in [0.2, 0.25) is 6.10 Å². The number of carbonyl (C=O) groups is 1. The Hall–Kier alpha value is -2.76. The van der Waals surface area contributed by atoms with Crippen LogP contribution in [0.1, 0.15) is 18.4 Å². The third-order valence-corrected chi connectivity index (χ3v) is 4.51. The number of carbonyl (C=O) groups excluding carboxylic acids is 1. The number of nitrogens with one attached hydrogen (secondary N) is 1. The van der Waals surface area contributed by atoms with Gasteiger partial charge in [0, 0.05) is 25.8 Å². The highest BCUT2D eigenvalue weighted by Crippen LogP contribution is 2.30. The van der Waals surface area contributed by atoms with Crippen LogP contribution in [0.5, 0.6) is 11.5 Å². The molecule has 6 heteroatoms. The molecule has 1 amide bonds. The zero-order valence-electron chi connectivity index (χ0n) is 14.0. The predicted octanol–water partition coefficient (Wildman–Crippen LogP) is 2.14. The molecule has 1 atom stereocenters. The first-order chi connectivity index (χ1) is 12.3. The summed E-state index contributed by atoms with van der Waals surface area (Å²) in [7, 11) is 0. The van der Waals surface area contributed by atoms with Crippen molar-refractivity contribution in [2.75, 3.05) is 24.6 Å². The van der Waals surface area contributed by atoms with E-state index in [9.17, 15) is 4.79 Å². The van der Waals surface area contributed by atoms with E-state index in [1.165, 1.54) is 12.8 Å². The van der Waals surface area contributed by atoms with Crippen molar-refractivity contribution < 1.29 is 14.3 Å². The highest BCUT2D eigenvalue weighted by molar-refractivity contribution is 5.81. The van der Waals surface area contributed by atoms with Crippen molar-refractivity contribution in [3.63, 3.8) is 0 Å². The predicted molar refractivity (Wildman–Crippen MR) is 93.9 cm³/mol. The number of anilines is 1. The van der Waals surface area contributed by atoms with Gasteiger partial charge in [0.1, 0.15) is 12.4 Å². The van der Waals surface area contributed by atoms with Crippen LogP contribution >= 0.6 is 0 Å². The molecule has 0 aliphatic carbocycles. The van der Waals surface area contributed by atoms with Crippen molar-refractivity contribution in [1.82, 2.24) is 10.3 Å². The lowest BCUT2D eigenvalue weighted by molar-refractivity contribution is -0.130. The molecule has 0 saturated carbocycles. The van der Waals surface area contributed by atoms with Gasteiger partial charge in [-0.2, -0.15) is 0 Å². The van der Waals surface area contributed by atoms with Gasteiger partial charge in [-0.1, -0.05) is 12.1 Å². The van der Waals surface area contributed by atoms with Crippen LogP contribution in [0.2, 0.25) is 0 Å². The molecule has 1 fully saturated rings. The van der Waals surface area contributed by atoms with Gasteiger partial charge in [-0.05, 0) is 42.7 Å². The molecular weight excluding hydrogens is 318 g/mol. The summed E-state index contributed by atoms with van der Waals surface area (Å²) >= 11 is 0. The number of rotatable bonds is 4. The van der Waals surface area contributed by atoms with Crippen LogP contribution in [0.3, 0.4) is 0 Å². The molecule has 2 aromatic rings. The van der Waals surface area contributed by atoms with Crippen LogP contribution in [0, 0.1) is 0 Å². The first kappa shape index (κ1) is 15.7. The maximum atomic E-state index is 12.4. The minimum absolute atomic E-state index is 0.172. The van der Waals surface area contributed by atoms with Crippen molar-refractivity contribution in [1.29, 1.82) is 0 Å². The Bertz CT molecular complexity index is 759. The minimum Gasteiger partial charge on any atom is -0.485 e. The van der Waals surface area contributed by atoms with Gasteiger partial charge >= 0.3 is 0 Å². The number of aromatic nitrogens is 1. The standard InChI is InChI=1S/C19H21N3O3/c23-19(17-13-24-15-5-1-2-6-16(15)25-17)21-12-14-7-8-20-18(11-14)22-9-3-4-10-22/h1-2,5-8,11,17H,3-4,9-10,12-13H2,(H,21,23)/t17-/m0/s1. The second kappa shape index (κ2) is 7.01. The summed E-state index contributed by atoms with van der Waals surface area (Å²) < 4.78 is 11.3. The molecule has 3 heterocycles. The number of ether oxygens (including phenoxy) is 2. The quantitative estimate of drug-likeness (QED) is 0.925. The molecule has 2 aliphatic rings. The van der Waals surface area contributed by atoms with Crippen LogP contribution in [-0.2, 0) is 11.3 Å². The maximum Gasteiger partial charge on any atom is 0.264 e. The molecule has 0 spiro atoms. The fraction of sp³-hybridized carbons (Fsp3) is 0.368. The summed E-state index contributed by atoms with van der Waals surface area (Å²) in [5.74, 6) is 2.09. The van der Waals surface area contributed by atoms with Crippen LogP contribution in [-0.4, -0.2) is 36.7 Å². The van der Waals surface area contributed by atoms with E-state index in [2.05, 4.69) is 15.2 Å². The molecular formula is C19H21N3O3. The largest absolute Gasteiger partial charge is 0.485 e. The number of nitrogens with zero attached hydrogens (tertiary/aromatic N) is 2. The van der Waals surface area contributed by atoms with E-state index in [1.807, 2.05) is 30.3 Å². The molecule has 0 bridgehead atoms. The molecule has 6 nitrogen and oxygen atoms in total. The molecule has 1 aromatic heterocycles. The third-order valence-electron chi connectivity index (χ3n) is 4.51. The first-order valence-electron chi connectivity index (χ1n) is 8.66. The fourth-order valence-electron chi connectivity index (χ4n) is 3.14. The number of fused-ring (bicyclic) bond motifs is 1. The topological polar surface area (TPSA) is 63.7 Å². The highest BCUT2D eigenvalue weighted by atomic mass is 16.6. The van der Waals surface area contributed by atoms with E-state index in [0.29, 0.717) is 18.0 Å². The second-order valence-electron chi connectivity index (χ2n) is 6.30. The van der Waals surface area contributed by atoms with Gasteiger partial charge in [0.25, 0.3) is 5.91 Å². The summed E-state index contributed by atoms with van der Waals surface area (Å²) in [5, 5.41) is 2.93. The van der Waals surface area contributed by atoms with Crippen molar-refractivity contribution in [2.45, 2.75) is 25.5 Å². The highest BCUT2D eigenvalue weighted by Gasteiger charge is 2.27. The van der Waals surface area contributed by atoms with Crippen LogP contribution in [0.4, 0.5) is 5.82 Å². The maximum absolute atomic E-state index is 12.4. The van der Waals surface area contributed by atoms with E-state index >= 15 is 0 Å². The SMILES string of the molecule is O=C(NCc1ccnc(N2CCCC2)c1)[C@@H]1COc2ccccc2O1. The smallest absolute Gasteiger partial charge is 0.264 e. The zero-order valence-corrected chi connectivity index (χ0v) is 14.0. The van der Waals surface area contributed by atoms with E-state index < -0.39 is 6.10 Å². The molecule has 4 rings (SSSR count). The van der Waals surface area contributed by atoms with Crippen molar-refractivity contribution in [2.24, 2.45) is 0 Å². The first-order valence-corrected chi connectivity index (χ1v) is 8.66. The van der Waals surface area contributed by atoms with Gasteiger partial charge in [-0.3, -0.25) is 4.79 Å². The van der Waals surface area contributed by atoms with Gasteiger partial charge < -0.3 is 19.7 Å². The average Bonchev–Trinajstić information content (AvgIpc) is 3.21. The Morgan fingerprint density at radius 2 is 2.00 bits per heavy atom. The number of hydrogen-bond acceptors (Lipinski definition) is 5. The summed E-state index contributed by atoms with van der Waals surface area (Å²) in [6.07, 6.45) is 3.59. The Labute approximate surface area is 146 Å². The summed E-state index contributed by atoms with van der Waals surface area (Å²) in [6, 6.07) is 11.3. The second-order valence-corrected chi connectivity index (χ2v) is 6.30. The lowest BCUT2D eigenvalue weighted by Gasteiger charge is -2.25. The molecule has 1 N–H and O–H groups in total. The number of hydrogen-bond donors (Lipinski definition) is 1. The van der Waals surface area contributed by atoms with Gasteiger partial charge in [-0.25, -0.2) is 4.98 Å². The van der Waals surface area contributed by atoms with Gasteiger partial charge in [0.15, 0.2) is 11.5 Å². The number of benzene rings is 1. The molecule has 130 valence electrons. The third kappa shape index (κ3) is 3.52. The van der Waals surface area contributed by atoms with Crippen LogP contribution in [0.25, 0.3) is 0 Å². The number of pyridine rings is 1. The number of para-hydroxylation sites is 2. The van der Waals surface area contributed by atoms with Crippen molar-refractivity contribution >= 4 is 11.7 Å². The van der Waals surface area contributed by atoms with E-state index in [1.54, 1.807) is 12.3 Å². The van der Waals surface area contributed by atoms with Crippen molar-refractivity contribution in [3.05, 3.63) is 48.2 Å². The van der Waals surface area contributed by atoms with Gasteiger partial charge in [0.05, 0.1) is 0 Å². The molecule has 0 radical (unpaired) electrons. The monoisotopic (exact) mass is 339 g/mol. The van der Waals surface area contributed by atoms with E-state index in [0.717, 1.165) is 24.5 Å². The normalized spacial score (nSPS) is 18.9. The van der Waals surface area contributed by atoms with Crippen LogP contribution in [0.15, 0.2) is 42.6 Å². The minimum atomic E-state index is -0.630. The Morgan fingerprint density at radius 1 is 1.20 bits per heavy atom. The van der Waals surface area contributed by atoms with E-state index in [-0.39, 0.29) is 12.5 Å². The fourth-order valence-corrected chi connectivity index (χ4v) is 3.14. The summed E-state index contributed by atoms with van der Waals surface area (Å²) in [6.45, 7) is 2.77. The zero-order chi connectivity index (χ0) is 17.1. The Balaban J connectivity index is 1.35. The van der Waals surface area contributed by atoms with Crippen molar-refractivity contribution in [3.8, 4) is 11.5 Å². The molecule has 25 heavy (non-hydrogen) atoms. The lowest BCUT2D eigenvalue weighted by Crippen LogP contribution is -2.43. The van der Waals surface area contributed by atoms with Gasteiger partial charge in [-0.15, -0.1) is 0 Å². The summed E-state index contributed by atoms with van der Waals surface area (Å²) in [4.78, 5) is 19.1. The molecule has 1 aromatic carbocycles. The lowest BCUT2D eigenvalue weighted by atomic mass is 10.2. The number of amides is 1. The van der Waals surface area contributed by atoms with E-state index in [4.69, 9.17) is 9.47 Å². The van der Waals surface area contributed by atoms with Crippen LogP contribution < -0.4 is 19.7 Å². The molecule has 2 aliphatic heterocycles. The average molecular weight is 339 g/mol.